The fourth-order valence-electron chi connectivity index (χ4n) is 2.54. The third kappa shape index (κ3) is 4.64. The summed E-state index contributed by atoms with van der Waals surface area (Å²) in [5.74, 6) is -0.956. The third-order valence-corrected chi connectivity index (χ3v) is 3.66. The Morgan fingerprint density at radius 1 is 1.30 bits per heavy atom. The minimum absolute atomic E-state index is 0.0582. The summed E-state index contributed by atoms with van der Waals surface area (Å²) in [5, 5.41) is 11.5. The summed E-state index contributed by atoms with van der Waals surface area (Å²) < 4.78 is 10.6. The van der Waals surface area contributed by atoms with E-state index < -0.39 is 5.97 Å². The van der Waals surface area contributed by atoms with Crippen LogP contribution in [0.25, 0.3) is 0 Å². The predicted octanol–water partition coefficient (Wildman–Crippen LogP) is 0.441. The second-order valence-electron chi connectivity index (χ2n) is 5.25. The lowest BCUT2D eigenvalue weighted by Gasteiger charge is -2.33. The second-order valence-corrected chi connectivity index (χ2v) is 5.25. The van der Waals surface area contributed by atoms with Gasteiger partial charge in [0, 0.05) is 19.7 Å². The van der Waals surface area contributed by atoms with E-state index in [2.05, 4.69) is 5.32 Å². The molecule has 2 saturated heterocycles. The molecule has 7 nitrogen and oxygen atoms in total. The Hall–Kier alpha value is -1.34. The number of nitrogens with zero attached hydrogens (tertiary/aromatic N) is 1. The normalized spacial score (nSPS) is 24.4. The number of piperidine rings is 1. The Kier molecular flexibility index (Phi) is 5.60. The van der Waals surface area contributed by atoms with Gasteiger partial charge in [-0.1, -0.05) is 0 Å². The van der Waals surface area contributed by atoms with Crippen molar-refractivity contribution in [3.05, 3.63) is 0 Å². The van der Waals surface area contributed by atoms with Crippen LogP contribution in [0.1, 0.15) is 25.7 Å². The number of hydrogen-bond donors (Lipinski definition) is 2. The van der Waals surface area contributed by atoms with Crippen molar-refractivity contribution in [1.82, 2.24) is 10.2 Å². The molecule has 2 aliphatic heterocycles. The Morgan fingerprint density at radius 3 is 2.65 bits per heavy atom. The van der Waals surface area contributed by atoms with Crippen LogP contribution in [-0.4, -0.2) is 67.1 Å². The Morgan fingerprint density at radius 2 is 2.05 bits per heavy atom. The van der Waals surface area contributed by atoms with Crippen molar-refractivity contribution in [2.24, 2.45) is 0 Å². The van der Waals surface area contributed by atoms with Crippen molar-refractivity contribution >= 4 is 12.0 Å². The van der Waals surface area contributed by atoms with Crippen LogP contribution in [0.2, 0.25) is 0 Å². The molecule has 0 bridgehead atoms. The van der Waals surface area contributed by atoms with E-state index in [0.717, 1.165) is 19.4 Å². The fraction of sp³-hybridized carbons (Fsp3) is 0.846. The van der Waals surface area contributed by atoms with Gasteiger partial charge in [0.15, 0.2) is 0 Å². The predicted molar refractivity (Wildman–Crippen MR) is 70.6 cm³/mol. The smallest absolute Gasteiger partial charge is 0.329 e. The molecule has 0 radical (unpaired) electrons. The molecule has 0 aromatic rings. The number of nitrogens with one attached hydrogen (secondary N) is 1. The molecule has 2 heterocycles. The number of carboxylic acids is 1. The molecule has 0 saturated carbocycles. The van der Waals surface area contributed by atoms with Gasteiger partial charge in [-0.2, -0.15) is 0 Å². The van der Waals surface area contributed by atoms with E-state index in [-0.39, 0.29) is 24.8 Å². The molecule has 114 valence electrons. The highest BCUT2D eigenvalue weighted by atomic mass is 16.5. The van der Waals surface area contributed by atoms with Crippen molar-refractivity contribution < 1.29 is 24.2 Å². The summed E-state index contributed by atoms with van der Waals surface area (Å²) in [4.78, 5) is 24.2. The lowest BCUT2D eigenvalue weighted by atomic mass is 10.1. The van der Waals surface area contributed by atoms with Crippen LogP contribution in [0.15, 0.2) is 0 Å². The van der Waals surface area contributed by atoms with Crippen molar-refractivity contribution in [2.75, 3.05) is 32.9 Å². The Labute approximate surface area is 118 Å². The van der Waals surface area contributed by atoms with Crippen molar-refractivity contribution in [3.63, 3.8) is 0 Å². The van der Waals surface area contributed by atoms with E-state index in [4.69, 9.17) is 14.6 Å². The number of amides is 2. The highest BCUT2D eigenvalue weighted by molar-refractivity contribution is 5.74. The average molecular weight is 286 g/mol. The van der Waals surface area contributed by atoms with Gasteiger partial charge in [0.05, 0.1) is 18.8 Å². The first-order chi connectivity index (χ1) is 9.65. The molecule has 2 rings (SSSR count). The minimum atomic E-state index is -0.956. The quantitative estimate of drug-likeness (QED) is 0.783. The van der Waals surface area contributed by atoms with Gasteiger partial charge in [0.25, 0.3) is 0 Å². The van der Waals surface area contributed by atoms with Gasteiger partial charge >= 0.3 is 12.0 Å². The average Bonchev–Trinajstić information content (AvgIpc) is 2.46. The lowest BCUT2D eigenvalue weighted by Crippen LogP contribution is -2.50. The number of urea groups is 1. The van der Waals surface area contributed by atoms with Gasteiger partial charge < -0.3 is 24.8 Å². The topological polar surface area (TPSA) is 88.1 Å². The van der Waals surface area contributed by atoms with Gasteiger partial charge in [0.2, 0.25) is 0 Å². The maximum absolute atomic E-state index is 12.1. The molecule has 2 amide bonds. The maximum atomic E-state index is 12.1. The lowest BCUT2D eigenvalue weighted by molar-refractivity contribution is -0.145. The Bertz CT molecular complexity index is 336. The standard InChI is InChI=1S/C13H22N2O5/c16-12(17)9-20-11-3-5-15(6-4-11)13(18)14-10-2-1-7-19-8-10/h10-11H,1-9H2,(H,14,18)(H,16,17). The van der Waals surface area contributed by atoms with E-state index >= 15 is 0 Å². The van der Waals surface area contributed by atoms with E-state index in [1.54, 1.807) is 4.90 Å². The molecule has 2 N–H and O–H groups in total. The molecule has 0 spiro atoms. The van der Waals surface area contributed by atoms with E-state index in [9.17, 15) is 9.59 Å². The van der Waals surface area contributed by atoms with Crippen LogP contribution >= 0.6 is 0 Å². The molecular formula is C13H22N2O5. The number of carbonyl (C=O) groups excluding carboxylic acids is 1. The first-order valence-corrected chi connectivity index (χ1v) is 7.11. The number of carbonyl (C=O) groups is 2. The molecule has 0 aliphatic carbocycles. The number of aliphatic carboxylic acids is 1. The second kappa shape index (κ2) is 7.44. The number of hydrogen-bond acceptors (Lipinski definition) is 4. The third-order valence-electron chi connectivity index (χ3n) is 3.66. The molecule has 2 fully saturated rings. The van der Waals surface area contributed by atoms with Crippen molar-refractivity contribution in [1.29, 1.82) is 0 Å². The number of carboxylic acid groups (broad SMARTS) is 1. The van der Waals surface area contributed by atoms with Crippen LogP contribution in [0.3, 0.4) is 0 Å². The summed E-state index contributed by atoms with van der Waals surface area (Å²) in [6.07, 6.45) is 3.25. The summed E-state index contributed by atoms with van der Waals surface area (Å²) in [7, 11) is 0. The SMILES string of the molecule is O=C(O)COC1CCN(C(=O)NC2CCCOC2)CC1. The number of likely N-dealkylation sites (tertiary alicyclic amines) is 1. The molecule has 1 atom stereocenters. The number of rotatable bonds is 4. The number of ether oxygens (including phenoxy) is 2. The van der Waals surface area contributed by atoms with Gasteiger partial charge in [-0.25, -0.2) is 9.59 Å². The highest BCUT2D eigenvalue weighted by Gasteiger charge is 2.25. The maximum Gasteiger partial charge on any atom is 0.329 e. The summed E-state index contributed by atoms with van der Waals surface area (Å²) >= 11 is 0. The largest absolute Gasteiger partial charge is 0.480 e. The zero-order valence-corrected chi connectivity index (χ0v) is 11.5. The molecule has 20 heavy (non-hydrogen) atoms. The molecular weight excluding hydrogens is 264 g/mol. The van der Waals surface area contributed by atoms with Crippen LogP contribution in [-0.2, 0) is 14.3 Å². The fourth-order valence-corrected chi connectivity index (χ4v) is 2.54. The minimum Gasteiger partial charge on any atom is -0.480 e. The van der Waals surface area contributed by atoms with Crippen LogP contribution in [0.4, 0.5) is 4.79 Å². The molecule has 0 aromatic heterocycles. The molecule has 7 heteroatoms. The zero-order chi connectivity index (χ0) is 14.4. The summed E-state index contributed by atoms with van der Waals surface area (Å²) in [6, 6.07) is 0.0504. The summed E-state index contributed by atoms with van der Waals surface area (Å²) in [5.41, 5.74) is 0. The van der Waals surface area contributed by atoms with Gasteiger partial charge in [-0.05, 0) is 25.7 Å². The molecule has 0 aromatic carbocycles. The monoisotopic (exact) mass is 286 g/mol. The van der Waals surface area contributed by atoms with E-state index in [0.29, 0.717) is 32.5 Å². The van der Waals surface area contributed by atoms with Crippen LogP contribution < -0.4 is 5.32 Å². The van der Waals surface area contributed by atoms with Gasteiger partial charge in [-0.15, -0.1) is 0 Å². The highest BCUT2D eigenvalue weighted by Crippen LogP contribution is 2.14. The van der Waals surface area contributed by atoms with E-state index in [1.165, 1.54) is 0 Å². The van der Waals surface area contributed by atoms with Crippen LogP contribution in [0.5, 0.6) is 0 Å². The first-order valence-electron chi connectivity index (χ1n) is 7.11. The van der Waals surface area contributed by atoms with Gasteiger partial charge in [-0.3, -0.25) is 0 Å². The molecule has 1 unspecified atom stereocenters. The van der Waals surface area contributed by atoms with E-state index in [1.807, 2.05) is 0 Å². The summed E-state index contributed by atoms with van der Waals surface area (Å²) in [6.45, 7) is 2.30. The van der Waals surface area contributed by atoms with Crippen molar-refractivity contribution in [3.8, 4) is 0 Å². The van der Waals surface area contributed by atoms with Gasteiger partial charge in [0.1, 0.15) is 6.61 Å². The van der Waals surface area contributed by atoms with Crippen molar-refractivity contribution in [2.45, 2.75) is 37.8 Å². The van der Waals surface area contributed by atoms with Crippen LogP contribution in [0, 0.1) is 0 Å². The Balaban J connectivity index is 1.67. The molecule has 2 aliphatic rings. The zero-order valence-electron chi connectivity index (χ0n) is 11.5. The first kappa shape index (κ1) is 15.1.